The molecule has 0 bridgehead atoms. The van der Waals surface area contributed by atoms with Gasteiger partial charge in [-0.2, -0.15) is 0 Å². The van der Waals surface area contributed by atoms with E-state index in [0.717, 1.165) is 30.4 Å². The second kappa shape index (κ2) is 3.21. The number of likely N-dealkylation sites (N-methyl/N-ethyl adjacent to an activating group) is 1. The van der Waals surface area contributed by atoms with Crippen molar-refractivity contribution in [1.29, 1.82) is 0 Å². The number of carbonyl (C=O) groups excluding carboxylic acids is 1. The predicted octanol–water partition coefficient (Wildman–Crippen LogP) is 2.36. The van der Waals surface area contributed by atoms with Crippen LogP contribution in [0.1, 0.15) is 19.3 Å². The lowest BCUT2D eigenvalue weighted by atomic mass is 9.84. The molecule has 1 heterocycles. The summed E-state index contributed by atoms with van der Waals surface area (Å²) in [7, 11) is 2.09. The molecule has 1 atom stereocenters. The Morgan fingerprint density at radius 3 is 3.12 bits per heavy atom. The van der Waals surface area contributed by atoms with Gasteiger partial charge in [0.25, 0.3) is 0 Å². The van der Waals surface area contributed by atoms with E-state index >= 15 is 0 Å². The monoisotopic (exact) mass is 213 g/mol. The smallest absolute Gasteiger partial charge is 0.186 e. The van der Waals surface area contributed by atoms with Crippen LogP contribution in [-0.2, 0) is 4.79 Å². The first-order chi connectivity index (χ1) is 7.70. The molecule has 0 aromatic rings. The van der Waals surface area contributed by atoms with Gasteiger partial charge in [-0.05, 0) is 36.5 Å². The first kappa shape index (κ1) is 9.64. The quantitative estimate of drug-likeness (QED) is 0.576. The van der Waals surface area contributed by atoms with E-state index in [9.17, 15) is 4.79 Å². The Morgan fingerprint density at radius 1 is 1.50 bits per heavy atom. The van der Waals surface area contributed by atoms with Gasteiger partial charge in [-0.1, -0.05) is 18.7 Å². The Balaban J connectivity index is 2.15. The zero-order chi connectivity index (χ0) is 11.3. The minimum absolute atomic E-state index is 0.191. The van der Waals surface area contributed by atoms with Crippen molar-refractivity contribution in [3.05, 3.63) is 47.2 Å². The molecule has 1 fully saturated rings. The molecule has 1 saturated carbocycles. The topological polar surface area (TPSA) is 20.3 Å². The van der Waals surface area contributed by atoms with Gasteiger partial charge in [0.2, 0.25) is 0 Å². The first-order valence-corrected chi connectivity index (χ1v) is 5.75. The lowest BCUT2D eigenvalue weighted by Gasteiger charge is -2.29. The molecule has 0 aromatic carbocycles. The van der Waals surface area contributed by atoms with Crippen molar-refractivity contribution >= 4 is 5.78 Å². The van der Waals surface area contributed by atoms with Gasteiger partial charge in [0.15, 0.2) is 5.78 Å². The van der Waals surface area contributed by atoms with Crippen molar-refractivity contribution in [2.24, 2.45) is 0 Å². The number of nitrogens with zero attached hydrogens (tertiary/aromatic N) is 1. The second-order valence-electron chi connectivity index (χ2n) is 4.67. The predicted molar refractivity (Wildman–Crippen MR) is 63.8 cm³/mol. The molecule has 2 heteroatoms. The van der Waals surface area contributed by atoms with Crippen LogP contribution in [0.4, 0.5) is 0 Å². The minimum Gasteiger partial charge on any atom is -0.367 e. The Labute approximate surface area is 95.6 Å². The van der Waals surface area contributed by atoms with Crippen LogP contribution in [0.25, 0.3) is 0 Å². The number of Topliss-reactive ketones (excluding diaryl/α,β-unsaturated/α-hetero) is 1. The molecular weight excluding hydrogens is 198 g/mol. The summed E-state index contributed by atoms with van der Waals surface area (Å²) in [6.07, 6.45) is 9.06. The fourth-order valence-corrected chi connectivity index (χ4v) is 2.93. The number of fused-ring (bicyclic) bond motifs is 2. The lowest BCUT2D eigenvalue weighted by Crippen LogP contribution is -2.33. The summed E-state index contributed by atoms with van der Waals surface area (Å²) < 4.78 is 0. The van der Waals surface area contributed by atoms with E-state index in [2.05, 4.69) is 36.8 Å². The fourth-order valence-electron chi connectivity index (χ4n) is 2.93. The first-order valence-electron chi connectivity index (χ1n) is 5.75. The highest BCUT2D eigenvalue weighted by molar-refractivity contribution is 6.11. The van der Waals surface area contributed by atoms with Crippen LogP contribution in [0.15, 0.2) is 47.2 Å². The SMILES string of the molecule is C=C1CC[C@@H]2C(=C3CC=CC=C3N2C)C1=O. The molecule has 0 spiro atoms. The molecule has 0 aromatic heterocycles. The average Bonchev–Trinajstić information content (AvgIpc) is 2.59. The second-order valence-corrected chi connectivity index (χ2v) is 4.67. The number of hydrogen-bond donors (Lipinski definition) is 0. The Morgan fingerprint density at radius 2 is 2.31 bits per heavy atom. The molecule has 0 saturated heterocycles. The van der Waals surface area contributed by atoms with E-state index in [1.807, 2.05) is 0 Å². The number of carbonyl (C=O) groups is 1. The molecule has 0 N–H and O–H groups in total. The highest BCUT2D eigenvalue weighted by atomic mass is 16.1. The van der Waals surface area contributed by atoms with Crippen LogP contribution in [-0.4, -0.2) is 23.8 Å². The van der Waals surface area contributed by atoms with Crippen molar-refractivity contribution in [3.8, 4) is 0 Å². The molecule has 3 rings (SSSR count). The van der Waals surface area contributed by atoms with Crippen LogP contribution < -0.4 is 0 Å². The summed E-state index contributed by atoms with van der Waals surface area (Å²) in [5.74, 6) is 0.191. The van der Waals surface area contributed by atoms with Gasteiger partial charge in [-0.3, -0.25) is 4.79 Å². The lowest BCUT2D eigenvalue weighted by molar-refractivity contribution is -0.113. The van der Waals surface area contributed by atoms with Gasteiger partial charge in [0.1, 0.15) is 0 Å². The summed E-state index contributed by atoms with van der Waals surface area (Å²) in [5.41, 5.74) is 4.24. The van der Waals surface area contributed by atoms with E-state index in [1.165, 1.54) is 11.3 Å². The van der Waals surface area contributed by atoms with E-state index in [4.69, 9.17) is 0 Å². The van der Waals surface area contributed by atoms with Crippen LogP contribution in [0.5, 0.6) is 0 Å². The zero-order valence-electron chi connectivity index (χ0n) is 9.49. The zero-order valence-corrected chi connectivity index (χ0v) is 9.49. The van der Waals surface area contributed by atoms with Crippen LogP contribution in [0.2, 0.25) is 0 Å². The summed E-state index contributed by atoms with van der Waals surface area (Å²) in [6.45, 7) is 3.88. The Kier molecular flexibility index (Phi) is 1.93. The Bertz CT molecular complexity index is 479. The van der Waals surface area contributed by atoms with E-state index in [1.54, 1.807) is 0 Å². The molecule has 2 nitrogen and oxygen atoms in total. The van der Waals surface area contributed by atoms with Gasteiger partial charge in [-0.25, -0.2) is 0 Å². The highest BCUT2D eigenvalue weighted by Gasteiger charge is 2.40. The number of ketones is 1. The van der Waals surface area contributed by atoms with Gasteiger partial charge < -0.3 is 4.90 Å². The molecular formula is C14H15NO. The summed E-state index contributed by atoms with van der Waals surface area (Å²) in [4.78, 5) is 14.4. The van der Waals surface area contributed by atoms with Crippen molar-refractivity contribution < 1.29 is 4.79 Å². The summed E-state index contributed by atoms with van der Waals surface area (Å²) in [5, 5.41) is 0. The standard InChI is InChI=1S/C14H15NO/c1-9-7-8-12-13(14(9)16)10-5-3-4-6-11(10)15(12)2/h3-4,6,12H,1,5,7-8H2,2H3/t12-/m1/s1. The molecule has 0 amide bonds. The number of rotatable bonds is 0. The third-order valence-electron chi connectivity index (χ3n) is 3.81. The minimum atomic E-state index is 0.191. The normalized spacial score (nSPS) is 28.2. The van der Waals surface area contributed by atoms with Gasteiger partial charge in [0.05, 0.1) is 6.04 Å². The molecule has 0 unspecified atom stereocenters. The maximum absolute atomic E-state index is 12.2. The third kappa shape index (κ3) is 1.10. The average molecular weight is 213 g/mol. The maximum Gasteiger partial charge on any atom is 0.186 e. The van der Waals surface area contributed by atoms with Crippen LogP contribution in [0.3, 0.4) is 0 Å². The summed E-state index contributed by atoms with van der Waals surface area (Å²) in [6, 6.07) is 0.291. The Hall–Kier alpha value is -1.57. The third-order valence-corrected chi connectivity index (χ3v) is 3.81. The van der Waals surface area contributed by atoms with Gasteiger partial charge >= 0.3 is 0 Å². The molecule has 16 heavy (non-hydrogen) atoms. The molecule has 82 valence electrons. The number of hydrogen-bond acceptors (Lipinski definition) is 2. The van der Waals surface area contributed by atoms with E-state index in [0.29, 0.717) is 6.04 Å². The van der Waals surface area contributed by atoms with Crippen molar-refractivity contribution in [1.82, 2.24) is 4.90 Å². The van der Waals surface area contributed by atoms with Gasteiger partial charge in [0, 0.05) is 18.3 Å². The largest absolute Gasteiger partial charge is 0.367 e. The maximum atomic E-state index is 12.2. The molecule has 3 aliphatic rings. The van der Waals surface area contributed by atoms with Crippen LogP contribution >= 0.6 is 0 Å². The fraction of sp³-hybridized carbons (Fsp3) is 0.357. The van der Waals surface area contributed by atoms with E-state index < -0.39 is 0 Å². The van der Waals surface area contributed by atoms with Crippen molar-refractivity contribution in [2.45, 2.75) is 25.3 Å². The van der Waals surface area contributed by atoms with Crippen molar-refractivity contribution in [2.75, 3.05) is 7.05 Å². The number of allylic oxidation sites excluding steroid dienone is 5. The highest BCUT2D eigenvalue weighted by Crippen LogP contribution is 2.42. The molecule has 2 aliphatic carbocycles. The summed E-state index contributed by atoms with van der Waals surface area (Å²) >= 11 is 0. The van der Waals surface area contributed by atoms with Crippen LogP contribution in [0, 0.1) is 0 Å². The molecule has 1 aliphatic heterocycles. The van der Waals surface area contributed by atoms with E-state index in [-0.39, 0.29) is 5.78 Å². The molecule has 0 radical (unpaired) electrons. The van der Waals surface area contributed by atoms with Crippen molar-refractivity contribution in [3.63, 3.8) is 0 Å². The van der Waals surface area contributed by atoms with Gasteiger partial charge in [-0.15, -0.1) is 0 Å².